The number of likely N-dealkylation sites (tertiary alicyclic amines) is 1. The average Bonchev–Trinajstić information content (AvgIpc) is 2.87. The van der Waals surface area contributed by atoms with Crippen LogP contribution in [0.4, 0.5) is 0 Å². The van der Waals surface area contributed by atoms with Crippen LogP contribution < -0.4 is 10.0 Å². The summed E-state index contributed by atoms with van der Waals surface area (Å²) >= 11 is 0. The number of hydrogen-bond donors (Lipinski definition) is 3. The third-order valence-corrected chi connectivity index (χ3v) is 8.08. The van der Waals surface area contributed by atoms with Crippen molar-refractivity contribution in [1.29, 1.82) is 0 Å². The molecule has 0 bridgehead atoms. The minimum absolute atomic E-state index is 0.0930. The zero-order valence-corrected chi connectivity index (χ0v) is 22.2. The van der Waals surface area contributed by atoms with Crippen molar-refractivity contribution in [3.05, 3.63) is 65.7 Å². The number of carboxylic acids is 1. The summed E-state index contributed by atoms with van der Waals surface area (Å²) in [4.78, 5) is 39.5. The second-order valence-corrected chi connectivity index (χ2v) is 11.6. The van der Waals surface area contributed by atoms with Crippen LogP contribution in [0.3, 0.4) is 0 Å². The highest BCUT2D eigenvalue weighted by Crippen LogP contribution is 2.21. The van der Waals surface area contributed by atoms with Crippen molar-refractivity contribution < 1.29 is 27.9 Å². The highest BCUT2D eigenvalue weighted by molar-refractivity contribution is 7.89. The molecular formula is C27H35N3O6S. The van der Waals surface area contributed by atoms with Crippen molar-refractivity contribution in [2.75, 3.05) is 13.1 Å². The van der Waals surface area contributed by atoms with E-state index in [9.17, 15) is 27.9 Å². The number of aryl methyl sites for hydroxylation is 1. The summed E-state index contributed by atoms with van der Waals surface area (Å²) in [5, 5.41) is 12.2. The molecule has 2 aromatic carbocycles. The van der Waals surface area contributed by atoms with Gasteiger partial charge in [-0.2, -0.15) is 4.72 Å². The van der Waals surface area contributed by atoms with E-state index in [4.69, 9.17) is 0 Å². The van der Waals surface area contributed by atoms with E-state index in [-0.39, 0.29) is 42.1 Å². The molecule has 1 aliphatic heterocycles. The molecule has 0 radical (unpaired) electrons. The molecule has 0 aromatic heterocycles. The Morgan fingerprint density at radius 1 is 1.00 bits per heavy atom. The zero-order chi connectivity index (χ0) is 27.2. The molecule has 2 aromatic rings. The number of sulfonamides is 1. The van der Waals surface area contributed by atoms with Crippen molar-refractivity contribution in [1.82, 2.24) is 14.9 Å². The summed E-state index contributed by atoms with van der Waals surface area (Å²) in [6.45, 7) is 5.98. The molecule has 1 aliphatic rings. The van der Waals surface area contributed by atoms with Gasteiger partial charge in [0.15, 0.2) is 0 Å². The molecule has 0 unspecified atom stereocenters. The quantitative estimate of drug-likeness (QED) is 0.433. The largest absolute Gasteiger partial charge is 0.480 e. The number of piperidine rings is 1. The van der Waals surface area contributed by atoms with Crippen molar-refractivity contribution in [2.24, 2.45) is 11.8 Å². The fourth-order valence-electron chi connectivity index (χ4n) is 4.32. The van der Waals surface area contributed by atoms with Gasteiger partial charge in [-0.25, -0.2) is 13.2 Å². The Hall–Kier alpha value is -3.24. The van der Waals surface area contributed by atoms with Crippen molar-refractivity contribution in [3.8, 4) is 0 Å². The monoisotopic (exact) mass is 529 g/mol. The maximum atomic E-state index is 13.3. The summed E-state index contributed by atoms with van der Waals surface area (Å²) in [6.07, 6.45) is 0.909. The van der Waals surface area contributed by atoms with Gasteiger partial charge in [-0.15, -0.1) is 0 Å². The van der Waals surface area contributed by atoms with Gasteiger partial charge in [0.1, 0.15) is 12.1 Å². The van der Waals surface area contributed by atoms with Crippen LogP contribution in [0.5, 0.6) is 0 Å². The van der Waals surface area contributed by atoms with E-state index < -0.39 is 34.0 Å². The summed E-state index contributed by atoms with van der Waals surface area (Å²) in [7, 11) is -3.89. The van der Waals surface area contributed by atoms with E-state index in [1.165, 1.54) is 12.1 Å². The van der Waals surface area contributed by atoms with Gasteiger partial charge in [0.2, 0.25) is 21.8 Å². The fraction of sp³-hybridized carbons (Fsp3) is 0.444. The fourth-order valence-corrected chi connectivity index (χ4v) is 5.66. The first-order valence-electron chi connectivity index (χ1n) is 12.4. The molecule has 1 saturated heterocycles. The highest BCUT2D eigenvalue weighted by Gasteiger charge is 2.35. The summed E-state index contributed by atoms with van der Waals surface area (Å²) < 4.78 is 28.3. The Labute approximate surface area is 218 Å². The zero-order valence-electron chi connectivity index (χ0n) is 21.4. The molecular weight excluding hydrogens is 494 g/mol. The van der Waals surface area contributed by atoms with Crippen molar-refractivity contribution in [3.63, 3.8) is 0 Å². The molecule has 1 heterocycles. The SMILES string of the molecule is Cc1ccc(S(=O)(=O)N[C@H](C(=O)N2CCC(C(=O)N[C@H](Cc3ccccc3)C(=O)O)CC2)C(C)C)cc1. The van der Waals surface area contributed by atoms with Crippen LogP contribution in [0.2, 0.25) is 0 Å². The van der Waals surface area contributed by atoms with E-state index in [1.54, 1.807) is 30.9 Å². The van der Waals surface area contributed by atoms with Gasteiger partial charge in [0.25, 0.3) is 0 Å². The third-order valence-electron chi connectivity index (χ3n) is 6.62. The van der Waals surface area contributed by atoms with E-state index >= 15 is 0 Å². The first-order chi connectivity index (χ1) is 17.5. The van der Waals surface area contributed by atoms with E-state index in [1.807, 2.05) is 37.3 Å². The molecule has 9 nitrogen and oxygen atoms in total. The molecule has 0 spiro atoms. The smallest absolute Gasteiger partial charge is 0.326 e. The van der Waals surface area contributed by atoms with E-state index in [2.05, 4.69) is 10.0 Å². The van der Waals surface area contributed by atoms with Gasteiger partial charge in [-0.1, -0.05) is 61.9 Å². The average molecular weight is 530 g/mol. The Morgan fingerprint density at radius 2 is 1.59 bits per heavy atom. The highest BCUT2D eigenvalue weighted by atomic mass is 32.2. The van der Waals surface area contributed by atoms with Crippen molar-refractivity contribution >= 4 is 27.8 Å². The number of carbonyl (C=O) groups excluding carboxylic acids is 2. The molecule has 10 heteroatoms. The molecule has 1 fully saturated rings. The van der Waals surface area contributed by atoms with Gasteiger partial charge in [0.05, 0.1) is 4.90 Å². The Kier molecular flexibility index (Phi) is 9.45. The number of nitrogens with one attached hydrogen (secondary N) is 2. The van der Waals surface area contributed by atoms with Crippen LogP contribution in [0.25, 0.3) is 0 Å². The molecule has 2 atom stereocenters. The number of hydrogen-bond acceptors (Lipinski definition) is 5. The Balaban J connectivity index is 1.59. The lowest BCUT2D eigenvalue weighted by atomic mass is 9.94. The molecule has 2 amide bonds. The van der Waals surface area contributed by atoms with Crippen LogP contribution in [-0.2, 0) is 30.8 Å². The second-order valence-electron chi connectivity index (χ2n) is 9.84. The standard InChI is InChI=1S/C27H35N3O6S/c1-18(2)24(29-37(35,36)22-11-9-19(3)10-12-22)26(32)30-15-13-21(14-16-30)25(31)28-23(27(33)34)17-20-7-5-4-6-8-20/h4-12,18,21,23-24,29H,13-17H2,1-3H3,(H,28,31)(H,33,34)/t23-,24+/m1/s1. The number of carboxylic acid groups (broad SMARTS) is 1. The topological polar surface area (TPSA) is 133 Å². The number of amides is 2. The maximum absolute atomic E-state index is 13.3. The lowest BCUT2D eigenvalue weighted by molar-refractivity contribution is -0.143. The second kappa shape index (κ2) is 12.3. The van der Waals surface area contributed by atoms with Crippen LogP contribution >= 0.6 is 0 Å². The van der Waals surface area contributed by atoms with Crippen LogP contribution in [0, 0.1) is 18.8 Å². The number of aliphatic carboxylic acids is 1. The van der Waals surface area contributed by atoms with Gasteiger partial charge < -0.3 is 15.3 Å². The van der Waals surface area contributed by atoms with Gasteiger partial charge >= 0.3 is 5.97 Å². The molecule has 3 N–H and O–H groups in total. The number of carbonyl (C=O) groups is 3. The van der Waals surface area contributed by atoms with E-state index in [0.717, 1.165) is 11.1 Å². The first kappa shape index (κ1) is 28.3. The summed E-state index contributed by atoms with van der Waals surface area (Å²) in [6, 6.07) is 13.5. The molecule has 37 heavy (non-hydrogen) atoms. The van der Waals surface area contributed by atoms with Gasteiger partial charge in [-0.05, 0) is 43.4 Å². The molecule has 200 valence electrons. The maximum Gasteiger partial charge on any atom is 0.326 e. The number of benzene rings is 2. The predicted octanol–water partition coefficient (Wildman–Crippen LogP) is 2.35. The van der Waals surface area contributed by atoms with Crippen LogP contribution in [0.1, 0.15) is 37.8 Å². The predicted molar refractivity (Wildman–Crippen MR) is 139 cm³/mol. The van der Waals surface area contributed by atoms with Crippen molar-refractivity contribution in [2.45, 2.75) is 57.0 Å². The number of nitrogens with zero attached hydrogens (tertiary/aromatic N) is 1. The normalized spacial score (nSPS) is 16.3. The van der Waals surface area contributed by atoms with E-state index in [0.29, 0.717) is 12.8 Å². The van der Waals surface area contributed by atoms with Gasteiger partial charge in [0, 0.05) is 25.4 Å². The summed E-state index contributed by atoms with van der Waals surface area (Å²) in [5.74, 6) is -2.51. The molecule has 3 rings (SSSR count). The first-order valence-corrected chi connectivity index (χ1v) is 13.9. The third kappa shape index (κ3) is 7.62. The molecule has 0 aliphatic carbocycles. The van der Waals surface area contributed by atoms with Crippen LogP contribution in [-0.4, -0.2) is 61.4 Å². The Morgan fingerprint density at radius 3 is 2.14 bits per heavy atom. The lowest BCUT2D eigenvalue weighted by Gasteiger charge is -2.35. The summed E-state index contributed by atoms with van der Waals surface area (Å²) in [5.41, 5.74) is 1.74. The van der Waals surface area contributed by atoms with Crippen LogP contribution in [0.15, 0.2) is 59.5 Å². The number of rotatable bonds is 10. The van der Waals surface area contributed by atoms with Gasteiger partial charge in [-0.3, -0.25) is 9.59 Å². The minimum Gasteiger partial charge on any atom is -0.480 e. The minimum atomic E-state index is -3.89. The lowest BCUT2D eigenvalue weighted by Crippen LogP contribution is -2.54. The molecule has 0 saturated carbocycles. The Bertz CT molecular complexity index is 1190.